The molecule has 3 rings (SSSR count). The Morgan fingerprint density at radius 2 is 2.12 bits per heavy atom. The van der Waals surface area contributed by atoms with Crippen LogP contribution in [0.5, 0.6) is 0 Å². The molecule has 0 aliphatic carbocycles. The average molecular weight is 228 g/mol. The van der Waals surface area contributed by atoms with Gasteiger partial charge < -0.3 is 10.7 Å². The summed E-state index contributed by atoms with van der Waals surface area (Å²) < 4.78 is 0. The SMILES string of the molecule is N[C@H](c1ccc2[nH]ccc2c1)c1cccs1. The first-order valence-corrected chi connectivity index (χ1v) is 6.08. The smallest absolute Gasteiger partial charge is 0.0646 e. The van der Waals surface area contributed by atoms with E-state index in [-0.39, 0.29) is 6.04 Å². The van der Waals surface area contributed by atoms with E-state index < -0.39 is 0 Å². The molecule has 0 radical (unpaired) electrons. The normalized spacial score (nSPS) is 13.1. The minimum absolute atomic E-state index is 0.0145. The minimum Gasteiger partial charge on any atom is -0.361 e. The quantitative estimate of drug-likeness (QED) is 0.694. The monoisotopic (exact) mass is 228 g/mol. The Bertz CT molecular complexity index is 595. The third-order valence-corrected chi connectivity index (χ3v) is 3.74. The fourth-order valence-electron chi connectivity index (χ4n) is 1.90. The molecule has 0 saturated carbocycles. The fourth-order valence-corrected chi connectivity index (χ4v) is 2.65. The van der Waals surface area contributed by atoms with E-state index in [0.717, 1.165) is 11.1 Å². The number of fused-ring (bicyclic) bond motifs is 1. The maximum absolute atomic E-state index is 6.22. The van der Waals surface area contributed by atoms with E-state index in [4.69, 9.17) is 5.73 Å². The second kappa shape index (κ2) is 3.77. The van der Waals surface area contributed by atoms with Gasteiger partial charge in [0.05, 0.1) is 6.04 Å². The highest BCUT2D eigenvalue weighted by Gasteiger charge is 2.10. The molecule has 2 aromatic heterocycles. The number of nitrogens with two attached hydrogens (primary N) is 1. The van der Waals surface area contributed by atoms with Crippen LogP contribution in [0.4, 0.5) is 0 Å². The molecule has 0 saturated heterocycles. The van der Waals surface area contributed by atoms with E-state index >= 15 is 0 Å². The number of benzene rings is 1. The Morgan fingerprint density at radius 3 is 2.94 bits per heavy atom. The van der Waals surface area contributed by atoms with Crippen molar-refractivity contribution < 1.29 is 0 Å². The molecule has 1 aromatic carbocycles. The summed E-state index contributed by atoms with van der Waals surface area (Å²) in [6.07, 6.45) is 1.95. The molecule has 0 aliphatic rings. The van der Waals surface area contributed by atoms with Crippen molar-refractivity contribution in [1.82, 2.24) is 4.98 Å². The molecule has 2 heterocycles. The number of thiophene rings is 1. The van der Waals surface area contributed by atoms with Gasteiger partial charge >= 0.3 is 0 Å². The first-order chi connectivity index (χ1) is 7.84. The lowest BCUT2D eigenvalue weighted by atomic mass is 10.0. The van der Waals surface area contributed by atoms with Crippen molar-refractivity contribution in [3.63, 3.8) is 0 Å². The van der Waals surface area contributed by atoms with Crippen LogP contribution in [-0.2, 0) is 0 Å². The molecular weight excluding hydrogens is 216 g/mol. The number of nitrogens with one attached hydrogen (secondary N) is 1. The summed E-state index contributed by atoms with van der Waals surface area (Å²) in [7, 11) is 0. The van der Waals surface area contributed by atoms with Crippen LogP contribution in [0.25, 0.3) is 10.9 Å². The number of aromatic amines is 1. The van der Waals surface area contributed by atoms with Crippen molar-refractivity contribution in [2.75, 3.05) is 0 Å². The zero-order valence-electron chi connectivity index (χ0n) is 8.68. The van der Waals surface area contributed by atoms with E-state index in [9.17, 15) is 0 Å². The van der Waals surface area contributed by atoms with Crippen molar-refractivity contribution in [1.29, 1.82) is 0 Å². The van der Waals surface area contributed by atoms with Gasteiger partial charge in [0.2, 0.25) is 0 Å². The van der Waals surface area contributed by atoms with E-state index in [0.29, 0.717) is 0 Å². The zero-order valence-corrected chi connectivity index (χ0v) is 9.50. The van der Waals surface area contributed by atoms with Crippen molar-refractivity contribution in [3.8, 4) is 0 Å². The van der Waals surface area contributed by atoms with Gasteiger partial charge in [-0.15, -0.1) is 11.3 Å². The van der Waals surface area contributed by atoms with Gasteiger partial charge in [-0.25, -0.2) is 0 Å². The average Bonchev–Trinajstić information content (AvgIpc) is 2.98. The summed E-state index contributed by atoms with van der Waals surface area (Å²) >= 11 is 1.70. The standard InChI is InChI=1S/C13H12N2S/c14-13(12-2-1-7-16-12)10-3-4-11-9(8-10)5-6-15-11/h1-8,13,15H,14H2/t13-/m1/s1. The summed E-state index contributed by atoms with van der Waals surface area (Å²) in [5.41, 5.74) is 8.54. The Hall–Kier alpha value is -1.58. The molecule has 2 nitrogen and oxygen atoms in total. The van der Waals surface area contributed by atoms with Crippen LogP contribution in [-0.4, -0.2) is 4.98 Å². The second-order valence-electron chi connectivity index (χ2n) is 3.82. The molecule has 0 aliphatic heterocycles. The summed E-state index contributed by atoms with van der Waals surface area (Å²) in [5, 5.41) is 3.27. The summed E-state index contributed by atoms with van der Waals surface area (Å²) in [4.78, 5) is 4.39. The van der Waals surface area contributed by atoms with Crippen molar-refractivity contribution in [3.05, 3.63) is 58.4 Å². The third kappa shape index (κ3) is 1.54. The van der Waals surface area contributed by atoms with Crippen LogP contribution in [0.2, 0.25) is 0 Å². The number of hydrogen-bond donors (Lipinski definition) is 2. The van der Waals surface area contributed by atoms with Crippen LogP contribution in [0.15, 0.2) is 48.0 Å². The highest BCUT2D eigenvalue weighted by Crippen LogP contribution is 2.25. The molecule has 3 aromatic rings. The van der Waals surface area contributed by atoms with Gasteiger partial charge in [0.15, 0.2) is 0 Å². The fraction of sp³-hybridized carbons (Fsp3) is 0.0769. The van der Waals surface area contributed by atoms with Gasteiger partial charge in [0.25, 0.3) is 0 Å². The lowest BCUT2D eigenvalue weighted by molar-refractivity contribution is 0.896. The highest BCUT2D eigenvalue weighted by atomic mass is 32.1. The number of H-pyrrole nitrogens is 1. The minimum atomic E-state index is -0.0145. The second-order valence-corrected chi connectivity index (χ2v) is 4.80. The Balaban J connectivity index is 2.05. The van der Waals surface area contributed by atoms with Gasteiger partial charge in [0.1, 0.15) is 0 Å². The van der Waals surface area contributed by atoms with Crippen LogP contribution in [0, 0.1) is 0 Å². The van der Waals surface area contributed by atoms with Crippen LogP contribution in [0.1, 0.15) is 16.5 Å². The molecule has 0 amide bonds. The summed E-state index contributed by atoms with van der Waals surface area (Å²) in [6, 6.07) is 12.5. The molecule has 3 heteroatoms. The predicted molar refractivity (Wildman–Crippen MR) is 68.6 cm³/mol. The van der Waals surface area contributed by atoms with Crippen LogP contribution in [0.3, 0.4) is 0 Å². The first kappa shape index (κ1) is 9.63. The molecule has 0 spiro atoms. The van der Waals surface area contributed by atoms with Crippen molar-refractivity contribution in [2.45, 2.75) is 6.04 Å². The molecule has 3 N–H and O–H groups in total. The molecule has 0 fully saturated rings. The molecule has 80 valence electrons. The van der Waals surface area contributed by atoms with E-state index in [1.807, 2.05) is 12.3 Å². The Morgan fingerprint density at radius 1 is 1.19 bits per heavy atom. The largest absolute Gasteiger partial charge is 0.361 e. The maximum Gasteiger partial charge on any atom is 0.0646 e. The van der Waals surface area contributed by atoms with E-state index in [1.54, 1.807) is 11.3 Å². The number of hydrogen-bond acceptors (Lipinski definition) is 2. The van der Waals surface area contributed by atoms with E-state index in [2.05, 4.69) is 40.7 Å². The van der Waals surface area contributed by atoms with Gasteiger partial charge in [-0.2, -0.15) is 0 Å². The first-order valence-electron chi connectivity index (χ1n) is 5.20. The molecule has 1 atom stereocenters. The predicted octanol–water partition coefficient (Wildman–Crippen LogP) is 3.28. The number of aromatic nitrogens is 1. The van der Waals surface area contributed by atoms with E-state index in [1.165, 1.54) is 10.3 Å². The maximum atomic E-state index is 6.22. The lowest BCUT2D eigenvalue weighted by Crippen LogP contribution is -2.09. The van der Waals surface area contributed by atoms with Gasteiger partial charge in [-0.3, -0.25) is 0 Å². The molecular formula is C13H12N2S. The Labute approximate surface area is 97.7 Å². The number of rotatable bonds is 2. The van der Waals surface area contributed by atoms with Gasteiger partial charge in [-0.1, -0.05) is 12.1 Å². The van der Waals surface area contributed by atoms with Crippen LogP contribution >= 0.6 is 11.3 Å². The van der Waals surface area contributed by atoms with Crippen LogP contribution < -0.4 is 5.73 Å². The van der Waals surface area contributed by atoms with Crippen molar-refractivity contribution in [2.24, 2.45) is 5.73 Å². The molecule has 0 unspecified atom stereocenters. The highest BCUT2D eigenvalue weighted by molar-refractivity contribution is 7.10. The Kier molecular flexibility index (Phi) is 2.27. The zero-order chi connectivity index (χ0) is 11.0. The summed E-state index contributed by atoms with van der Waals surface area (Å²) in [5.74, 6) is 0. The van der Waals surface area contributed by atoms with Gasteiger partial charge in [0, 0.05) is 16.6 Å². The van der Waals surface area contributed by atoms with Crippen molar-refractivity contribution >= 4 is 22.2 Å². The lowest BCUT2D eigenvalue weighted by Gasteiger charge is -2.09. The van der Waals surface area contributed by atoms with Gasteiger partial charge in [-0.05, 0) is 40.6 Å². The topological polar surface area (TPSA) is 41.8 Å². The molecule has 16 heavy (non-hydrogen) atoms. The summed E-state index contributed by atoms with van der Waals surface area (Å²) in [6.45, 7) is 0. The molecule has 0 bridgehead atoms. The third-order valence-electron chi connectivity index (χ3n) is 2.79.